The molecule has 1 rings (SSSR count). The van der Waals surface area contributed by atoms with E-state index < -0.39 is 4.92 Å². The maximum atomic E-state index is 11.6. The fraction of sp³-hybridized carbons (Fsp3) is 0.444. The maximum Gasteiger partial charge on any atom is 0.345 e. The number of carbonyl (C=O) groups excluding carboxylic acids is 1. The highest BCUT2D eigenvalue weighted by atomic mass is 32.1. The van der Waals surface area contributed by atoms with E-state index in [1.807, 2.05) is 6.07 Å². The Bertz CT molecular complexity index is 465. The van der Waals surface area contributed by atoms with E-state index in [1.165, 1.54) is 4.90 Å². The van der Waals surface area contributed by atoms with E-state index in [1.54, 1.807) is 6.92 Å². The number of amides is 1. The van der Waals surface area contributed by atoms with Crippen LogP contribution in [0.5, 0.6) is 0 Å². The predicted octanol–water partition coefficient (Wildman–Crippen LogP) is 1.71. The Morgan fingerprint density at radius 3 is 2.94 bits per heavy atom. The van der Waals surface area contributed by atoms with E-state index in [-0.39, 0.29) is 35.4 Å². The van der Waals surface area contributed by atoms with Gasteiger partial charge in [0.1, 0.15) is 6.20 Å². The van der Waals surface area contributed by atoms with E-state index in [2.05, 4.69) is 4.98 Å². The van der Waals surface area contributed by atoms with Gasteiger partial charge in [-0.15, -0.1) is 0 Å². The summed E-state index contributed by atoms with van der Waals surface area (Å²) < 4.78 is 0. The van der Waals surface area contributed by atoms with Gasteiger partial charge in [0, 0.05) is 13.0 Å². The van der Waals surface area contributed by atoms with Gasteiger partial charge in [-0.3, -0.25) is 19.8 Å². The molecule has 1 aromatic heterocycles. The summed E-state index contributed by atoms with van der Waals surface area (Å²) in [5.74, 6) is -0.204. The topological polar surface area (TPSA) is 100 Å². The third kappa shape index (κ3) is 3.22. The molecule has 0 aliphatic rings. The van der Waals surface area contributed by atoms with Gasteiger partial charge in [0.25, 0.3) is 0 Å². The monoisotopic (exact) mass is 254 g/mol. The second kappa shape index (κ2) is 5.91. The zero-order chi connectivity index (χ0) is 12.8. The standard InChI is InChI=1S/C9H10N4O3S/c1-2-7(14)12(5-3-4-10)9-11-6-8(17-9)13(15)16/h6H,2-3,5H2,1H3. The first-order valence-corrected chi connectivity index (χ1v) is 5.69. The van der Waals surface area contributed by atoms with Crippen molar-refractivity contribution in [3.63, 3.8) is 0 Å². The minimum absolute atomic E-state index is 0.120. The summed E-state index contributed by atoms with van der Waals surface area (Å²) >= 11 is 0.829. The SMILES string of the molecule is CCC(=O)N(CCC#N)c1ncc([N+](=O)[O-])s1. The molecule has 0 aliphatic heterocycles. The number of anilines is 1. The Kier molecular flexibility index (Phi) is 4.54. The van der Waals surface area contributed by atoms with Crippen LogP contribution in [-0.4, -0.2) is 22.4 Å². The molecule has 90 valence electrons. The zero-order valence-electron chi connectivity index (χ0n) is 9.12. The van der Waals surface area contributed by atoms with E-state index in [9.17, 15) is 14.9 Å². The van der Waals surface area contributed by atoms with Gasteiger partial charge in [0.2, 0.25) is 5.91 Å². The molecular formula is C9H10N4O3S. The molecule has 8 heteroatoms. The lowest BCUT2D eigenvalue weighted by Gasteiger charge is -2.16. The summed E-state index contributed by atoms with van der Waals surface area (Å²) in [4.78, 5) is 26.7. The Hall–Kier alpha value is -2.01. The number of nitriles is 1. The Labute approximate surface area is 101 Å². The maximum absolute atomic E-state index is 11.6. The minimum Gasteiger partial charge on any atom is -0.287 e. The lowest BCUT2D eigenvalue weighted by atomic mass is 10.3. The van der Waals surface area contributed by atoms with Crippen LogP contribution >= 0.6 is 11.3 Å². The fourth-order valence-electron chi connectivity index (χ4n) is 1.15. The second-order valence-electron chi connectivity index (χ2n) is 3.05. The van der Waals surface area contributed by atoms with Crippen LogP contribution in [0.2, 0.25) is 0 Å². The molecule has 17 heavy (non-hydrogen) atoms. The fourth-order valence-corrected chi connectivity index (χ4v) is 1.92. The van der Waals surface area contributed by atoms with Crippen molar-refractivity contribution in [2.24, 2.45) is 0 Å². The van der Waals surface area contributed by atoms with Crippen molar-refractivity contribution >= 4 is 27.4 Å². The van der Waals surface area contributed by atoms with Crippen molar-refractivity contribution < 1.29 is 9.72 Å². The molecular weight excluding hydrogens is 244 g/mol. The minimum atomic E-state index is -0.555. The van der Waals surface area contributed by atoms with Gasteiger partial charge in [-0.2, -0.15) is 5.26 Å². The molecule has 1 heterocycles. The first kappa shape index (κ1) is 13.1. The zero-order valence-corrected chi connectivity index (χ0v) is 9.94. The number of aromatic nitrogens is 1. The third-order valence-electron chi connectivity index (χ3n) is 1.94. The number of hydrogen-bond donors (Lipinski definition) is 0. The highest BCUT2D eigenvalue weighted by molar-refractivity contribution is 7.18. The van der Waals surface area contributed by atoms with Crippen molar-refractivity contribution in [3.05, 3.63) is 16.3 Å². The predicted molar refractivity (Wildman–Crippen MR) is 61.6 cm³/mol. The van der Waals surface area contributed by atoms with Crippen molar-refractivity contribution in [2.45, 2.75) is 19.8 Å². The van der Waals surface area contributed by atoms with Crippen molar-refractivity contribution in [1.82, 2.24) is 4.98 Å². The van der Waals surface area contributed by atoms with E-state index in [0.29, 0.717) is 0 Å². The number of carbonyl (C=O) groups is 1. The van der Waals surface area contributed by atoms with Crippen LogP contribution in [0.4, 0.5) is 10.1 Å². The van der Waals surface area contributed by atoms with E-state index in [0.717, 1.165) is 17.5 Å². The molecule has 0 atom stereocenters. The van der Waals surface area contributed by atoms with E-state index in [4.69, 9.17) is 5.26 Å². The molecule has 0 aliphatic carbocycles. The molecule has 0 spiro atoms. The van der Waals surface area contributed by atoms with Gasteiger partial charge in [-0.05, 0) is 11.3 Å². The number of rotatable bonds is 5. The van der Waals surface area contributed by atoms with Crippen molar-refractivity contribution in [3.8, 4) is 6.07 Å². The molecule has 0 bridgehead atoms. The van der Waals surface area contributed by atoms with Gasteiger partial charge in [0.15, 0.2) is 5.13 Å². The van der Waals surface area contributed by atoms with Crippen LogP contribution in [0.3, 0.4) is 0 Å². The average Bonchev–Trinajstić information content (AvgIpc) is 2.78. The van der Waals surface area contributed by atoms with Gasteiger partial charge in [-0.1, -0.05) is 6.92 Å². The highest BCUT2D eigenvalue weighted by Gasteiger charge is 2.20. The summed E-state index contributed by atoms with van der Waals surface area (Å²) in [5, 5.41) is 19.2. The Morgan fingerprint density at radius 2 is 2.47 bits per heavy atom. The van der Waals surface area contributed by atoms with Crippen molar-refractivity contribution in [2.75, 3.05) is 11.4 Å². The first-order chi connectivity index (χ1) is 8.10. The van der Waals surface area contributed by atoms with Crippen LogP contribution in [0.1, 0.15) is 19.8 Å². The van der Waals surface area contributed by atoms with Gasteiger partial charge < -0.3 is 0 Å². The summed E-state index contributed by atoms with van der Waals surface area (Å²) in [6.07, 6.45) is 1.54. The molecule has 0 fully saturated rings. The van der Waals surface area contributed by atoms with Gasteiger partial charge >= 0.3 is 5.00 Å². The third-order valence-corrected chi connectivity index (χ3v) is 2.91. The van der Waals surface area contributed by atoms with Crippen LogP contribution in [0.15, 0.2) is 6.20 Å². The first-order valence-electron chi connectivity index (χ1n) is 4.87. The van der Waals surface area contributed by atoms with Crippen LogP contribution in [-0.2, 0) is 4.79 Å². The van der Waals surface area contributed by atoms with Gasteiger partial charge in [-0.25, -0.2) is 4.98 Å². The number of nitro groups is 1. The number of nitrogens with zero attached hydrogens (tertiary/aromatic N) is 4. The lowest BCUT2D eigenvalue weighted by Crippen LogP contribution is -2.30. The summed E-state index contributed by atoms with van der Waals surface area (Å²) in [7, 11) is 0. The Balaban J connectivity index is 2.92. The largest absolute Gasteiger partial charge is 0.345 e. The molecule has 0 radical (unpaired) electrons. The molecule has 1 aromatic rings. The van der Waals surface area contributed by atoms with Crippen LogP contribution < -0.4 is 4.90 Å². The Morgan fingerprint density at radius 1 is 1.76 bits per heavy atom. The summed E-state index contributed by atoms with van der Waals surface area (Å²) in [6.45, 7) is 1.89. The molecule has 0 saturated heterocycles. The molecule has 1 amide bonds. The summed E-state index contributed by atoms with van der Waals surface area (Å²) in [5.41, 5.74) is 0. The lowest BCUT2D eigenvalue weighted by molar-refractivity contribution is -0.380. The number of hydrogen-bond acceptors (Lipinski definition) is 6. The molecule has 0 N–H and O–H groups in total. The molecule has 0 saturated carbocycles. The summed E-state index contributed by atoms with van der Waals surface area (Å²) in [6, 6.07) is 1.93. The quantitative estimate of drug-likeness (QED) is 0.588. The van der Waals surface area contributed by atoms with Crippen LogP contribution in [0, 0.1) is 21.4 Å². The second-order valence-corrected chi connectivity index (χ2v) is 4.03. The average molecular weight is 254 g/mol. The smallest absolute Gasteiger partial charge is 0.287 e. The van der Waals surface area contributed by atoms with Gasteiger partial charge in [0.05, 0.1) is 17.4 Å². The molecule has 7 nitrogen and oxygen atoms in total. The molecule has 0 unspecified atom stereocenters. The normalized spacial score (nSPS) is 9.65. The van der Waals surface area contributed by atoms with Crippen molar-refractivity contribution in [1.29, 1.82) is 5.26 Å². The molecule has 0 aromatic carbocycles. The van der Waals surface area contributed by atoms with Crippen LogP contribution in [0.25, 0.3) is 0 Å². The number of thiazole rings is 1. The highest BCUT2D eigenvalue weighted by Crippen LogP contribution is 2.28. The van der Waals surface area contributed by atoms with E-state index >= 15 is 0 Å².